The highest BCUT2D eigenvalue weighted by Crippen LogP contribution is 2.29. The van der Waals surface area contributed by atoms with Gasteiger partial charge in [-0.15, -0.1) is 0 Å². The van der Waals surface area contributed by atoms with Crippen LogP contribution in [-0.2, 0) is 13.1 Å². The van der Waals surface area contributed by atoms with Crippen LogP contribution < -0.4 is 5.32 Å². The highest BCUT2D eigenvalue weighted by atomic mass is 19.1. The van der Waals surface area contributed by atoms with Crippen molar-refractivity contribution in [1.29, 1.82) is 0 Å². The molecule has 0 bridgehead atoms. The fourth-order valence-corrected chi connectivity index (χ4v) is 4.21. The zero-order valence-electron chi connectivity index (χ0n) is 21.0. The van der Waals surface area contributed by atoms with E-state index in [1.54, 1.807) is 12.1 Å². The Balaban J connectivity index is 1.95. The summed E-state index contributed by atoms with van der Waals surface area (Å²) < 4.78 is 15.5. The van der Waals surface area contributed by atoms with Gasteiger partial charge in [0.25, 0.3) is 5.91 Å². The Morgan fingerprint density at radius 3 is 2.40 bits per heavy atom. The molecular weight excluding hydrogens is 445 g/mol. The second-order valence-corrected chi connectivity index (χ2v) is 9.33. The van der Waals surface area contributed by atoms with E-state index < -0.39 is 12.2 Å². The lowest BCUT2D eigenvalue weighted by atomic mass is 10.1. The first-order chi connectivity index (χ1) is 16.7. The van der Waals surface area contributed by atoms with Gasteiger partial charge in [-0.1, -0.05) is 45.0 Å². The van der Waals surface area contributed by atoms with Crippen LogP contribution in [0.3, 0.4) is 0 Å². The Kier molecular flexibility index (Phi) is 9.18. The molecule has 188 valence electrons. The van der Waals surface area contributed by atoms with E-state index in [1.165, 1.54) is 12.1 Å². The predicted octanol–water partition coefficient (Wildman–Crippen LogP) is 4.96. The molecule has 0 aliphatic carbocycles. The van der Waals surface area contributed by atoms with Crippen molar-refractivity contribution in [2.24, 2.45) is 0 Å². The lowest BCUT2D eigenvalue weighted by molar-refractivity contribution is 0.0711. The fraction of sp³-hybridized carbons (Fsp3) is 0.429. The Labute approximate surface area is 206 Å². The maximum absolute atomic E-state index is 13.6. The first-order valence-electron chi connectivity index (χ1n) is 12.3. The van der Waals surface area contributed by atoms with Crippen molar-refractivity contribution in [2.45, 2.75) is 78.2 Å². The molecule has 3 N–H and O–H groups in total. The van der Waals surface area contributed by atoms with E-state index in [-0.39, 0.29) is 24.1 Å². The summed E-state index contributed by atoms with van der Waals surface area (Å²) in [5.41, 5.74) is 3.90. The molecule has 0 radical (unpaired) electrons. The maximum Gasteiger partial charge on any atom is 0.272 e. The molecule has 0 saturated heterocycles. The third-order valence-electron chi connectivity index (χ3n) is 6.27. The number of carbonyl (C=O) groups is 1. The molecule has 1 aromatic heterocycles. The van der Waals surface area contributed by atoms with Gasteiger partial charge in [-0.25, -0.2) is 9.37 Å². The number of nitrogens with zero attached hydrogens (tertiary/aromatic N) is 2. The second kappa shape index (κ2) is 12.1. The smallest absolute Gasteiger partial charge is 0.272 e. The van der Waals surface area contributed by atoms with E-state index >= 15 is 0 Å². The number of halogens is 1. The van der Waals surface area contributed by atoms with E-state index in [0.717, 1.165) is 16.8 Å². The van der Waals surface area contributed by atoms with Gasteiger partial charge in [0.15, 0.2) is 0 Å². The quantitative estimate of drug-likeness (QED) is 0.361. The molecule has 1 amide bonds. The molecule has 0 spiro atoms. The maximum atomic E-state index is 13.6. The van der Waals surface area contributed by atoms with Crippen LogP contribution in [0.1, 0.15) is 73.3 Å². The molecule has 3 rings (SSSR count). The average molecular weight is 482 g/mol. The Morgan fingerprint density at radius 2 is 1.77 bits per heavy atom. The predicted molar refractivity (Wildman–Crippen MR) is 136 cm³/mol. The number of nitrogens with one attached hydrogen (secondary N) is 1. The van der Waals surface area contributed by atoms with Gasteiger partial charge in [-0.3, -0.25) is 4.79 Å². The third-order valence-corrected chi connectivity index (χ3v) is 6.27. The highest BCUT2D eigenvalue weighted by molar-refractivity contribution is 5.94. The van der Waals surface area contributed by atoms with Gasteiger partial charge in [0, 0.05) is 18.7 Å². The molecule has 3 aromatic rings. The summed E-state index contributed by atoms with van der Waals surface area (Å²) >= 11 is 0. The number of benzene rings is 2. The Morgan fingerprint density at radius 1 is 1.09 bits per heavy atom. The van der Waals surface area contributed by atoms with Gasteiger partial charge in [-0.05, 0) is 67.5 Å². The van der Waals surface area contributed by atoms with Crippen LogP contribution in [0.4, 0.5) is 4.39 Å². The molecule has 0 saturated carbocycles. The number of hydrogen-bond donors (Lipinski definition) is 3. The lowest BCUT2D eigenvalue weighted by Gasteiger charge is -2.19. The monoisotopic (exact) mass is 481 g/mol. The minimum atomic E-state index is -0.688. The number of aliphatic hydroxyl groups is 2. The first-order valence-corrected chi connectivity index (χ1v) is 12.3. The highest BCUT2D eigenvalue weighted by Gasteiger charge is 2.26. The van der Waals surface area contributed by atoms with Crippen molar-refractivity contribution in [3.8, 4) is 11.4 Å². The number of imidazole rings is 1. The van der Waals surface area contributed by atoms with Crippen LogP contribution in [0.15, 0.2) is 48.5 Å². The SMILES string of the molecule is CCC(O)CC(O)CCn1c(-c2ccc(F)cc2)nc(C(=O)NCc2ccccc2C)c1C(C)C. The van der Waals surface area contributed by atoms with Crippen LogP contribution in [0.2, 0.25) is 0 Å². The average Bonchev–Trinajstić information content (AvgIpc) is 3.22. The van der Waals surface area contributed by atoms with Crippen molar-refractivity contribution in [3.63, 3.8) is 0 Å². The molecule has 2 aromatic carbocycles. The number of aliphatic hydroxyl groups excluding tert-OH is 2. The van der Waals surface area contributed by atoms with Crippen LogP contribution in [0.25, 0.3) is 11.4 Å². The fourth-order valence-electron chi connectivity index (χ4n) is 4.21. The second-order valence-electron chi connectivity index (χ2n) is 9.33. The summed E-state index contributed by atoms with van der Waals surface area (Å²) in [6.45, 7) is 8.67. The summed E-state index contributed by atoms with van der Waals surface area (Å²) in [5.74, 6) is -0.0932. The van der Waals surface area contributed by atoms with Crippen molar-refractivity contribution in [1.82, 2.24) is 14.9 Å². The lowest BCUT2D eigenvalue weighted by Crippen LogP contribution is -2.25. The molecule has 2 atom stereocenters. The van der Waals surface area contributed by atoms with Crippen molar-refractivity contribution in [2.75, 3.05) is 0 Å². The third kappa shape index (κ3) is 6.77. The molecule has 35 heavy (non-hydrogen) atoms. The van der Waals surface area contributed by atoms with E-state index in [2.05, 4.69) is 5.32 Å². The number of carbonyl (C=O) groups excluding carboxylic acids is 1. The van der Waals surface area contributed by atoms with Crippen LogP contribution >= 0.6 is 0 Å². The van der Waals surface area contributed by atoms with Crippen molar-refractivity contribution >= 4 is 5.91 Å². The number of amides is 1. The van der Waals surface area contributed by atoms with Gasteiger partial charge < -0.3 is 20.1 Å². The van der Waals surface area contributed by atoms with Gasteiger partial charge in [0.05, 0.1) is 17.9 Å². The summed E-state index contributed by atoms with van der Waals surface area (Å²) in [6.07, 6.45) is 0.0120. The standard InChI is InChI=1S/C28H36FN3O3/c1-5-23(33)16-24(34)14-15-32-26(18(2)3)25(31-27(32)20-10-12-22(29)13-11-20)28(35)30-17-21-9-7-6-8-19(21)4/h6-13,18,23-24,33-34H,5,14-17H2,1-4H3,(H,30,35). The van der Waals surface area contributed by atoms with Crippen LogP contribution in [0, 0.1) is 12.7 Å². The summed E-state index contributed by atoms with van der Waals surface area (Å²) in [5, 5.41) is 23.4. The number of hydrogen-bond acceptors (Lipinski definition) is 4. The number of aromatic nitrogens is 2. The Hall–Kier alpha value is -3.03. The van der Waals surface area contributed by atoms with E-state index in [0.29, 0.717) is 43.0 Å². The number of aryl methyl sites for hydroxylation is 1. The number of rotatable bonds is 11. The van der Waals surface area contributed by atoms with Gasteiger partial charge in [0.2, 0.25) is 0 Å². The molecule has 0 aliphatic rings. The summed E-state index contributed by atoms with van der Waals surface area (Å²) in [6, 6.07) is 13.9. The molecule has 2 unspecified atom stereocenters. The minimum absolute atomic E-state index is 0.0192. The van der Waals surface area contributed by atoms with Gasteiger partial charge in [0.1, 0.15) is 17.3 Å². The topological polar surface area (TPSA) is 87.4 Å². The minimum Gasteiger partial charge on any atom is -0.393 e. The molecule has 7 heteroatoms. The normalized spacial score (nSPS) is 13.1. The zero-order chi connectivity index (χ0) is 25.5. The Bertz CT molecular complexity index is 1120. The van der Waals surface area contributed by atoms with Crippen molar-refractivity contribution in [3.05, 3.63) is 76.9 Å². The van der Waals surface area contributed by atoms with Crippen LogP contribution in [0.5, 0.6) is 0 Å². The molecule has 1 heterocycles. The van der Waals surface area contributed by atoms with E-state index in [1.807, 2.05) is 56.5 Å². The van der Waals surface area contributed by atoms with E-state index in [9.17, 15) is 19.4 Å². The first kappa shape index (κ1) is 26.6. The summed E-state index contributed by atoms with van der Waals surface area (Å²) in [4.78, 5) is 18.0. The molecule has 0 fully saturated rings. The van der Waals surface area contributed by atoms with Crippen molar-refractivity contribution < 1.29 is 19.4 Å². The summed E-state index contributed by atoms with van der Waals surface area (Å²) in [7, 11) is 0. The molecule has 0 aliphatic heterocycles. The molecule has 6 nitrogen and oxygen atoms in total. The van der Waals surface area contributed by atoms with E-state index in [4.69, 9.17) is 4.98 Å². The molecular formula is C28H36FN3O3. The van der Waals surface area contributed by atoms with Crippen LogP contribution in [-0.4, -0.2) is 37.9 Å². The van der Waals surface area contributed by atoms with Gasteiger partial charge in [-0.2, -0.15) is 0 Å². The van der Waals surface area contributed by atoms with Gasteiger partial charge >= 0.3 is 0 Å². The largest absolute Gasteiger partial charge is 0.393 e. The zero-order valence-corrected chi connectivity index (χ0v) is 21.0.